The summed E-state index contributed by atoms with van der Waals surface area (Å²) < 4.78 is 29.0. The summed E-state index contributed by atoms with van der Waals surface area (Å²) in [6.45, 7) is 0. The number of benzene rings is 3. The summed E-state index contributed by atoms with van der Waals surface area (Å²) in [7, 11) is 4.66. The van der Waals surface area contributed by atoms with E-state index in [4.69, 9.17) is 14.2 Å². The molecule has 3 aromatic rings. The number of carbonyl (C=O) groups excluding carboxylic acids is 1. The molecule has 0 saturated heterocycles. The molecule has 7 heteroatoms. The molecule has 0 spiro atoms. The molecule has 2 N–H and O–H groups in total. The number of ether oxygens (including phenoxy) is 3. The highest BCUT2D eigenvalue weighted by Crippen LogP contribution is 2.40. The second-order valence-electron chi connectivity index (χ2n) is 6.08. The lowest BCUT2D eigenvalue weighted by atomic mass is 10.2. The fourth-order valence-electron chi connectivity index (χ4n) is 2.76. The maximum Gasteiger partial charge on any atom is 0.255 e. The van der Waals surface area contributed by atoms with Gasteiger partial charge in [0.05, 0.1) is 21.3 Å². The van der Waals surface area contributed by atoms with Crippen molar-refractivity contribution in [3.05, 3.63) is 72.0 Å². The van der Waals surface area contributed by atoms with Crippen LogP contribution in [0.15, 0.2) is 60.7 Å². The van der Waals surface area contributed by atoms with Crippen molar-refractivity contribution in [1.82, 2.24) is 0 Å². The van der Waals surface area contributed by atoms with Crippen LogP contribution in [0.25, 0.3) is 0 Å². The second kappa shape index (κ2) is 8.97. The minimum absolute atomic E-state index is 0.310. The van der Waals surface area contributed by atoms with Crippen molar-refractivity contribution in [3.8, 4) is 17.2 Å². The predicted molar refractivity (Wildman–Crippen MR) is 110 cm³/mol. The van der Waals surface area contributed by atoms with Crippen molar-refractivity contribution in [3.63, 3.8) is 0 Å². The van der Waals surface area contributed by atoms with E-state index >= 15 is 0 Å². The largest absolute Gasteiger partial charge is 0.493 e. The number of anilines is 3. The molecule has 1 amide bonds. The first-order valence-electron chi connectivity index (χ1n) is 8.78. The Bertz CT molecular complexity index is 964. The molecule has 0 aliphatic carbocycles. The first kappa shape index (κ1) is 20.0. The number of rotatable bonds is 7. The molecule has 6 nitrogen and oxygen atoms in total. The molecule has 0 bridgehead atoms. The molecule has 3 rings (SSSR count). The van der Waals surface area contributed by atoms with E-state index in [1.165, 1.54) is 24.3 Å². The lowest BCUT2D eigenvalue weighted by molar-refractivity contribution is 0.102. The Morgan fingerprint density at radius 1 is 0.759 bits per heavy atom. The molecule has 0 saturated carbocycles. The van der Waals surface area contributed by atoms with E-state index in [-0.39, 0.29) is 11.7 Å². The van der Waals surface area contributed by atoms with Gasteiger partial charge in [-0.25, -0.2) is 4.39 Å². The van der Waals surface area contributed by atoms with Crippen molar-refractivity contribution in [2.75, 3.05) is 32.0 Å². The zero-order chi connectivity index (χ0) is 20.8. The molecule has 3 aromatic carbocycles. The van der Waals surface area contributed by atoms with Crippen molar-refractivity contribution in [2.24, 2.45) is 0 Å². The molecular formula is C22H21FN2O4. The van der Waals surface area contributed by atoms with E-state index in [0.717, 1.165) is 11.4 Å². The van der Waals surface area contributed by atoms with Gasteiger partial charge in [0.25, 0.3) is 5.91 Å². The van der Waals surface area contributed by atoms with Crippen molar-refractivity contribution in [1.29, 1.82) is 0 Å². The van der Waals surface area contributed by atoms with Crippen LogP contribution >= 0.6 is 0 Å². The van der Waals surface area contributed by atoms with Crippen LogP contribution in [0.2, 0.25) is 0 Å². The number of methoxy groups -OCH3 is 3. The number of amides is 1. The van der Waals surface area contributed by atoms with Gasteiger partial charge in [-0.05, 0) is 48.5 Å². The van der Waals surface area contributed by atoms with Crippen molar-refractivity contribution < 1.29 is 23.4 Å². The standard InChI is InChI=1S/C22H21FN2O4/c1-27-19-12-18(13-20(28-2)21(19)29-3)24-16-8-10-17(11-9-16)25-22(26)14-4-6-15(23)7-5-14/h4-13,24H,1-3H3,(H,25,26). The Balaban J connectivity index is 1.72. The van der Waals surface area contributed by atoms with Gasteiger partial charge in [0, 0.05) is 34.8 Å². The van der Waals surface area contributed by atoms with Gasteiger partial charge >= 0.3 is 0 Å². The lowest BCUT2D eigenvalue weighted by Crippen LogP contribution is -2.11. The lowest BCUT2D eigenvalue weighted by Gasteiger charge is -2.15. The van der Waals surface area contributed by atoms with Gasteiger partial charge in [-0.2, -0.15) is 0 Å². The summed E-state index contributed by atoms with van der Waals surface area (Å²) in [5.74, 6) is 0.897. The third-order valence-corrected chi connectivity index (χ3v) is 4.20. The van der Waals surface area contributed by atoms with Crippen LogP contribution in [0.5, 0.6) is 17.2 Å². The average Bonchev–Trinajstić information content (AvgIpc) is 2.74. The van der Waals surface area contributed by atoms with Crippen LogP contribution in [0.4, 0.5) is 21.5 Å². The average molecular weight is 396 g/mol. The first-order valence-corrected chi connectivity index (χ1v) is 8.78. The summed E-state index contributed by atoms with van der Waals surface area (Å²) in [5.41, 5.74) is 2.56. The molecule has 29 heavy (non-hydrogen) atoms. The van der Waals surface area contributed by atoms with Crippen LogP contribution in [-0.4, -0.2) is 27.2 Å². The summed E-state index contributed by atoms with van der Waals surface area (Å²) in [6.07, 6.45) is 0. The topological polar surface area (TPSA) is 68.8 Å². The third-order valence-electron chi connectivity index (χ3n) is 4.20. The molecule has 0 aliphatic heterocycles. The Morgan fingerprint density at radius 3 is 1.83 bits per heavy atom. The van der Waals surface area contributed by atoms with Crippen LogP contribution < -0.4 is 24.8 Å². The predicted octanol–water partition coefficient (Wildman–Crippen LogP) is 4.85. The summed E-state index contributed by atoms with van der Waals surface area (Å²) >= 11 is 0. The zero-order valence-electron chi connectivity index (χ0n) is 16.3. The maximum atomic E-state index is 13.0. The minimum Gasteiger partial charge on any atom is -0.493 e. The maximum absolute atomic E-state index is 13.0. The number of hydrogen-bond donors (Lipinski definition) is 2. The SMILES string of the molecule is COc1cc(Nc2ccc(NC(=O)c3ccc(F)cc3)cc2)cc(OC)c1OC. The molecule has 0 heterocycles. The number of carbonyl (C=O) groups is 1. The highest BCUT2D eigenvalue weighted by atomic mass is 19.1. The van der Waals surface area contributed by atoms with Crippen LogP contribution in [-0.2, 0) is 0 Å². The highest BCUT2D eigenvalue weighted by Gasteiger charge is 2.13. The van der Waals surface area contributed by atoms with Gasteiger partial charge in [-0.1, -0.05) is 0 Å². The molecule has 150 valence electrons. The van der Waals surface area contributed by atoms with Crippen LogP contribution in [0.1, 0.15) is 10.4 Å². The summed E-state index contributed by atoms with van der Waals surface area (Å²) in [6, 6.07) is 16.1. The summed E-state index contributed by atoms with van der Waals surface area (Å²) in [5, 5.41) is 6.03. The Hall–Kier alpha value is -3.74. The highest BCUT2D eigenvalue weighted by molar-refractivity contribution is 6.04. The summed E-state index contributed by atoms with van der Waals surface area (Å²) in [4.78, 5) is 12.2. The van der Waals surface area contributed by atoms with E-state index in [9.17, 15) is 9.18 Å². The third kappa shape index (κ3) is 4.76. The normalized spacial score (nSPS) is 10.2. The number of hydrogen-bond acceptors (Lipinski definition) is 5. The van der Waals surface area contributed by atoms with Gasteiger partial charge in [-0.15, -0.1) is 0 Å². The molecule has 0 aliphatic rings. The monoisotopic (exact) mass is 396 g/mol. The fourth-order valence-corrected chi connectivity index (χ4v) is 2.76. The van der Waals surface area contributed by atoms with Crippen LogP contribution in [0.3, 0.4) is 0 Å². The van der Waals surface area contributed by atoms with Gasteiger partial charge in [0.2, 0.25) is 5.75 Å². The van der Waals surface area contributed by atoms with E-state index in [0.29, 0.717) is 28.5 Å². The quantitative estimate of drug-likeness (QED) is 0.598. The molecule has 0 fully saturated rings. The second-order valence-corrected chi connectivity index (χ2v) is 6.08. The Labute approximate surface area is 168 Å². The zero-order valence-corrected chi connectivity index (χ0v) is 16.3. The number of halogens is 1. The molecular weight excluding hydrogens is 375 g/mol. The molecule has 0 aromatic heterocycles. The Morgan fingerprint density at radius 2 is 1.31 bits per heavy atom. The van der Waals surface area contributed by atoms with E-state index in [1.807, 2.05) is 12.1 Å². The van der Waals surface area contributed by atoms with Gasteiger partial charge in [0.15, 0.2) is 11.5 Å². The minimum atomic E-state index is -0.385. The molecule has 0 radical (unpaired) electrons. The van der Waals surface area contributed by atoms with E-state index in [1.54, 1.807) is 45.6 Å². The van der Waals surface area contributed by atoms with Crippen molar-refractivity contribution in [2.45, 2.75) is 0 Å². The fraction of sp³-hybridized carbons (Fsp3) is 0.136. The smallest absolute Gasteiger partial charge is 0.255 e. The van der Waals surface area contributed by atoms with Gasteiger partial charge < -0.3 is 24.8 Å². The molecule has 0 atom stereocenters. The van der Waals surface area contributed by atoms with Gasteiger partial charge in [-0.3, -0.25) is 4.79 Å². The van der Waals surface area contributed by atoms with Crippen molar-refractivity contribution >= 4 is 23.0 Å². The Kier molecular flexibility index (Phi) is 6.19. The number of nitrogens with one attached hydrogen (secondary N) is 2. The van der Waals surface area contributed by atoms with Gasteiger partial charge in [0.1, 0.15) is 5.82 Å². The van der Waals surface area contributed by atoms with E-state index < -0.39 is 0 Å². The molecule has 0 unspecified atom stereocenters. The van der Waals surface area contributed by atoms with Crippen LogP contribution in [0, 0.1) is 5.82 Å². The van der Waals surface area contributed by atoms with E-state index in [2.05, 4.69) is 10.6 Å². The first-order chi connectivity index (χ1) is 14.0.